The van der Waals surface area contributed by atoms with Crippen LogP contribution in [-0.2, 0) is 13.1 Å². The number of rotatable bonds is 6. The second-order valence-corrected chi connectivity index (χ2v) is 7.00. The Balaban J connectivity index is 1.78. The van der Waals surface area contributed by atoms with Crippen molar-refractivity contribution in [1.82, 2.24) is 4.90 Å². The molecule has 0 spiro atoms. The third-order valence-corrected chi connectivity index (χ3v) is 5.14. The maximum absolute atomic E-state index is 11.3. The average molecular weight is 364 g/mol. The van der Waals surface area contributed by atoms with Crippen molar-refractivity contribution >= 4 is 11.4 Å². The van der Waals surface area contributed by atoms with E-state index in [4.69, 9.17) is 5.26 Å². The molecule has 1 N–H and O–H groups in total. The van der Waals surface area contributed by atoms with Gasteiger partial charge in [0.15, 0.2) is 0 Å². The van der Waals surface area contributed by atoms with E-state index in [9.17, 15) is 10.1 Å². The lowest BCUT2D eigenvalue weighted by Crippen LogP contribution is -2.29. The van der Waals surface area contributed by atoms with Crippen LogP contribution in [-0.4, -0.2) is 22.9 Å². The van der Waals surface area contributed by atoms with Gasteiger partial charge in [-0.3, -0.25) is 15.0 Å². The third-order valence-electron chi connectivity index (χ3n) is 5.14. The second kappa shape index (κ2) is 8.65. The van der Waals surface area contributed by atoms with Crippen molar-refractivity contribution in [2.24, 2.45) is 0 Å². The molecule has 1 aliphatic rings. The molecule has 0 aliphatic carbocycles. The summed E-state index contributed by atoms with van der Waals surface area (Å²) in [5.41, 5.74) is 3.89. The fraction of sp³-hybridized carbons (Fsp3) is 0.381. The van der Waals surface area contributed by atoms with E-state index >= 15 is 0 Å². The molecule has 1 saturated heterocycles. The highest BCUT2D eigenvalue weighted by molar-refractivity contribution is 5.64. The zero-order valence-corrected chi connectivity index (χ0v) is 15.6. The summed E-state index contributed by atoms with van der Waals surface area (Å²) in [4.78, 5) is 13.3. The highest BCUT2D eigenvalue weighted by Gasteiger charge is 2.17. The molecule has 0 radical (unpaired) electrons. The van der Waals surface area contributed by atoms with Crippen molar-refractivity contribution < 1.29 is 4.92 Å². The standard InChI is InChI=1S/C21H24N4O2/c1-16-20(11-17(13-22)12-21(16)25(26)27)23-14-18-7-3-4-8-19(18)15-24-9-5-2-6-10-24/h3-4,7-8,11-12,23H,2,5-6,9-10,14-15H2,1H3. The molecule has 2 aromatic rings. The number of benzene rings is 2. The van der Waals surface area contributed by atoms with E-state index in [1.165, 1.54) is 36.5 Å². The Hall–Kier alpha value is -2.91. The molecule has 0 saturated carbocycles. The van der Waals surface area contributed by atoms with Crippen molar-refractivity contribution in [3.05, 3.63) is 68.8 Å². The minimum atomic E-state index is -0.439. The average Bonchev–Trinajstić information content (AvgIpc) is 2.68. The Kier molecular flexibility index (Phi) is 6.05. The lowest BCUT2D eigenvalue weighted by Gasteiger charge is -2.27. The lowest BCUT2D eigenvalue weighted by atomic mass is 10.0. The summed E-state index contributed by atoms with van der Waals surface area (Å²) in [6.07, 6.45) is 3.82. The summed E-state index contributed by atoms with van der Waals surface area (Å²) < 4.78 is 0. The molecule has 6 nitrogen and oxygen atoms in total. The van der Waals surface area contributed by atoms with Crippen LogP contribution >= 0.6 is 0 Å². The topological polar surface area (TPSA) is 82.2 Å². The van der Waals surface area contributed by atoms with Gasteiger partial charge in [-0.25, -0.2) is 0 Å². The van der Waals surface area contributed by atoms with E-state index in [-0.39, 0.29) is 11.3 Å². The molecule has 0 bridgehead atoms. The van der Waals surface area contributed by atoms with E-state index in [0.717, 1.165) is 19.6 Å². The molecule has 6 heteroatoms. The number of hydrogen-bond acceptors (Lipinski definition) is 5. The van der Waals surface area contributed by atoms with Crippen LogP contribution in [0.2, 0.25) is 0 Å². The molecule has 3 rings (SSSR count). The molecule has 0 amide bonds. The quantitative estimate of drug-likeness (QED) is 0.608. The summed E-state index contributed by atoms with van der Waals surface area (Å²) in [5.74, 6) is 0. The van der Waals surface area contributed by atoms with Gasteiger partial charge in [0, 0.05) is 30.4 Å². The number of likely N-dealkylation sites (tertiary alicyclic amines) is 1. The molecule has 1 heterocycles. The summed E-state index contributed by atoms with van der Waals surface area (Å²) in [7, 11) is 0. The van der Waals surface area contributed by atoms with Crippen LogP contribution in [0.3, 0.4) is 0 Å². The van der Waals surface area contributed by atoms with E-state index in [2.05, 4.69) is 28.4 Å². The fourth-order valence-corrected chi connectivity index (χ4v) is 3.57. The van der Waals surface area contributed by atoms with E-state index in [1.54, 1.807) is 13.0 Å². The highest BCUT2D eigenvalue weighted by atomic mass is 16.6. The number of anilines is 1. The van der Waals surface area contributed by atoms with E-state index in [1.807, 2.05) is 12.1 Å². The van der Waals surface area contributed by atoms with Gasteiger partial charge in [0.2, 0.25) is 0 Å². The van der Waals surface area contributed by atoms with Crippen molar-refractivity contribution in [3.63, 3.8) is 0 Å². The number of nitro benzene ring substituents is 1. The number of nitrogens with zero attached hydrogens (tertiary/aromatic N) is 3. The number of hydrogen-bond donors (Lipinski definition) is 1. The maximum atomic E-state index is 11.3. The van der Waals surface area contributed by atoms with E-state index in [0.29, 0.717) is 17.8 Å². The molecule has 2 aromatic carbocycles. The summed E-state index contributed by atoms with van der Waals surface area (Å²) in [5, 5.41) is 23.7. The van der Waals surface area contributed by atoms with E-state index < -0.39 is 4.92 Å². The normalized spacial score (nSPS) is 14.5. The molecule has 0 unspecified atom stereocenters. The van der Waals surface area contributed by atoms with Gasteiger partial charge in [-0.1, -0.05) is 30.7 Å². The summed E-state index contributed by atoms with van der Waals surface area (Å²) in [6, 6.07) is 13.3. The second-order valence-electron chi connectivity index (χ2n) is 7.00. The Morgan fingerprint density at radius 2 is 1.89 bits per heavy atom. The molecule has 140 valence electrons. The number of piperidine rings is 1. The summed E-state index contributed by atoms with van der Waals surface area (Å²) in [6.45, 7) is 5.47. The van der Waals surface area contributed by atoms with Crippen molar-refractivity contribution in [3.8, 4) is 6.07 Å². The predicted molar refractivity (Wildman–Crippen MR) is 105 cm³/mol. The van der Waals surface area contributed by atoms with Gasteiger partial charge in [0.05, 0.1) is 16.6 Å². The molecular weight excluding hydrogens is 340 g/mol. The predicted octanol–water partition coefficient (Wildman–Crippen LogP) is 4.37. The zero-order valence-electron chi connectivity index (χ0n) is 15.6. The largest absolute Gasteiger partial charge is 0.380 e. The first-order chi connectivity index (χ1) is 13.1. The van der Waals surface area contributed by atoms with Gasteiger partial charge < -0.3 is 5.32 Å². The zero-order chi connectivity index (χ0) is 19.2. The number of nitrogens with one attached hydrogen (secondary N) is 1. The monoisotopic (exact) mass is 364 g/mol. The third kappa shape index (κ3) is 4.63. The lowest BCUT2D eigenvalue weighted by molar-refractivity contribution is -0.385. The van der Waals surface area contributed by atoms with Gasteiger partial charge in [-0.15, -0.1) is 0 Å². The fourth-order valence-electron chi connectivity index (χ4n) is 3.57. The molecular formula is C21H24N4O2. The molecule has 27 heavy (non-hydrogen) atoms. The molecule has 1 aliphatic heterocycles. The number of nitriles is 1. The van der Waals surface area contributed by atoms with Crippen LogP contribution in [0, 0.1) is 28.4 Å². The summed E-state index contributed by atoms with van der Waals surface area (Å²) >= 11 is 0. The minimum Gasteiger partial charge on any atom is -0.380 e. The smallest absolute Gasteiger partial charge is 0.275 e. The van der Waals surface area contributed by atoms with Gasteiger partial charge in [-0.2, -0.15) is 5.26 Å². The van der Waals surface area contributed by atoms with Gasteiger partial charge in [-0.05, 0) is 50.0 Å². The number of nitro groups is 1. The first-order valence-corrected chi connectivity index (χ1v) is 9.30. The van der Waals surface area contributed by atoms with Gasteiger partial charge in [0.1, 0.15) is 0 Å². The molecule has 0 aromatic heterocycles. The van der Waals surface area contributed by atoms with Crippen LogP contribution in [0.4, 0.5) is 11.4 Å². The Labute approximate surface area is 159 Å². The SMILES string of the molecule is Cc1c(NCc2ccccc2CN2CCCCC2)cc(C#N)cc1[N+](=O)[O-]. The van der Waals surface area contributed by atoms with Gasteiger partial charge >= 0.3 is 0 Å². The molecule has 1 fully saturated rings. The minimum absolute atomic E-state index is 0.0295. The van der Waals surface area contributed by atoms with Crippen molar-refractivity contribution in [2.75, 3.05) is 18.4 Å². The molecule has 0 atom stereocenters. The van der Waals surface area contributed by atoms with Crippen LogP contribution in [0.25, 0.3) is 0 Å². The highest BCUT2D eigenvalue weighted by Crippen LogP contribution is 2.28. The van der Waals surface area contributed by atoms with Gasteiger partial charge in [0.25, 0.3) is 5.69 Å². The van der Waals surface area contributed by atoms with Crippen LogP contribution < -0.4 is 5.32 Å². The Morgan fingerprint density at radius 1 is 1.19 bits per heavy atom. The first kappa shape index (κ1) is 18.9. The first-order valence-electron chi connectivity index (χ1n) is 9.30. The van der Waals surface area contributed by atoms with Crippen molar-refractivity contribution in [1.29, 1.82) is 5.26 Å². The Morgan fingerprint density at radius 3 is 2.56 bits per heavy atom. The van der Waals surface area contributed by atoms with Crippen molar-refractivity contribution in [2.45, 2.75) is 39.3 Å². The van der Waals surface area contributed by atoms with Crippen LogP contribution in [0.15, 0.2) is 36.4 Å². The van der Waals surface area contributed by atoms with Crippen LogP contribution in [0.5, 0.6) is 0 Å². The maximum Gasteiger partial charge on any atom is 0.275 e. The van der Waals surface area contributed by atoms with Crippen LogP contribution in [0.1, 0.15) is 41.5 Å². The Bertz CT molecular complexity index is 867.